The number of benzene rings is 1. The van der Waals surface area contributed by atoms with Crippen LogP contribution in [0.3, 0.4) is 0 Å². The molecule has 1 nitrogen and oxygen atoms in total. The first-order valence-corrected chi connectivity index (χ1v) is 6.73. The van der Waals surface area contributed by atoms with Gasteiger partial charge in [0.1, 0.15) is 0 Å². The molecule has 0 aliphatic rings. The molecule has 0 fully saturated rings. The molecule has 2 N–H and O–H groups in total. The molecule has 0 amide bonds. The molecular weight excluding hydrogens is 306 g/mol. The minimum absolute atomic E-state index is 0.714. The van der Waals surface area contributed by atoms with Gasteiger partial charge in [-0.15, -0.1) is 0 Å². The molecule has 1 heterocycles. The standard InChI is InChI=1S/C12H9BrClNS/c13-11-7-16-6-10(11)12(15)5-8-2-1-3-9(14)4-8/h1-7H,15H2/b12-5-. The van der Waals surface area contributed by atoms with E-state index in [0.29, 0.717) is 5.02 Å². The first kappa shape index (κ1) is 11.7. The Balaban J connectivity index is 2.35. The highest BCUT2D eigenvalue weighted by molar-refractivity contribution is 9.10. The maximum absolute atomic E-state index is 6.02. The van der Waals surface area contributed by atoms with E-state index in [-0.39, 0.29) is 0 Å². The van der Waals surface area contributed by atoms with Gasteiger partial charge in [0.2, 0.25) is 0 Å². The third-order valence-electron chi connectivity index (χ3n) is 2.10. The summed E-state index contributed by atoms with van der Waals surface area (Å²) in [5, 5.41) is 4.74. The minimum atomic E-state index is 0.714. The summed E-state index contributed by atoms with van der Waals surface area (Å²) in [5.41, 5.74) is 8.77. The van der Waals surface area contributed by atoms with Crippen LogP contribution in [0.15, 0.2) is 39.5 Å². The van der Waals surface area contributed by atoms with Crippen molar-refractivity contribution in [3.05, 3.63) is 55.6 Å². The topological polar surface area (TPSA) is 26.0 Å². The van der Waals surface area contributed by atoms with Crippen molar-refractivity contribution in [2.75, 3.05) is 0 Å². The summed E-state index contributed by atoms with van der Waals surface area (Å²) in [5.74, 6) is 0. The zero-order valence-corrected chi connectivity index (χ0v) is 11.4. The molecule has 0 saturated heterocycles. The molecule has 2 aromatic rings. The van der Waals surface area contributed by atoms with E-state index in [2.05, 4.69) is 15.9 Å². The van der Waals surface area contributed by atoms with Crippen molar-refractivity contribution in [1.82, 2.24) is 0 Å². The molecule has 16 heavy (non-hydrogen) atoms. The zero-order chi connectivity index (χ0) is 11.5. The Kier molecular flexibility index (Phi) is 3.69. The smallest absolute Gasteiger partial charge is 0.0413 e. The Bertz CT molecular complexity index is 533. The van der Waals surface area contributed by atoms with Gasteiger partial charge in [-0.25, -0.2) is 0 Å². The van der Waals surface area contributed by atoms with E-state index in [1.807, 2.05) is 41.1 Å². The summed E-state index contributed by atoms with van der Waals surface area (Å²) in [6.45, 7) is 0. The van der Waals surface area contributed by atoms with E-state index in [4.69, 9.17) is 17.3 Å². The van der Waals surface area contributed by atoms with Gasteiger partial charge in [0.25, 0.3) is 0 Å². The van der Waals surface area contributed by atoms with Gasteiger partial charge >= 0.3 is 0 Å². The van der Waals surface area contributed by atoms with Gasteiger partial charge in [-0.3, -0.25) is 0 Å². The van der Waals surface area contributed by atoms with Crippen LogP contribution in [0.1, 0.15) is 11.1 Å². The van der Waals surface area contributed by atoms with Gasteiger partial charge in [0, 0.05) is 31.5 Å². The van der Waals surface area contributed by atoms with Crippen LogP contribution in [0.2, 0.25) is 5.02 Å². The third-order valence-corrected chi connectivity index (χ3v) is 4.03. The predicted molar refractivity (Wildman–Crippen MR) is 75.5 cm³/mol. The van der Waals surface area contributed by atoms with Crippen molar-refractivity contribution in [2.45, 2.75) is 0 Å². The second-order valence-electron chi connectivity index (χ2n) is 3.29. The quantitative estimate of drug-likeness (QED) is 0.860. The van der Waals surface area contributed by atoms with Crippen LogP contribution >= 0.6 is 38.9 Å². The highest BCUT2D eigenvalue weighted by atomic mass is 79.9. The summed E-state index contributed by atoms with van der Waals surface area (Å²) in [7, 11) is 0. The Morgan fingerprint density at radius 2 is 2.19 bits per heavy atom. The van der Waals surface area contributed by atoms with Crippen molar-refractivity contribution in [2.24, 2.45) is 5.73 Å². The fraction of sp³-hybridized carbons (Fsp3) is 0. The van der Waals surface area contributed by atoms with Crippen molar-refractivity contribution in [3.63, 3.8) is 0 Å². The molecule has 0 aliphatic heterocycles. The minimum Gasteiger partial charge on any atom is -0.398 e. The van der Waals surface area contributed by atoms with Gasteiger partial charge in [-0.05, 0) is 39.7 Å². The molecule has 4 heteroatoms. The van der Waals surface area contributed by atoms with E-state index in [0.717, 1.165) is 21.3 Å². The largest absolute Gasteiger partial charge is 0.398 e. The first-order valence-electron chi connectivity index (χ1n) is 4.61. The van der Waals surface area contributed by atoms with E-state index in [1.165, 1.54) is 0 Å². The second kappa shape index (κ2) is 5.04. The van der Waals surface area contributed by atoms with Crippen LogP contribution in [0, 0.1) is 0 Å². The number of rotatable bonds is 2. The van der Waals surface area contributed by atoms with Crippen LogP contribution in [0.5, 0.6) is 0 Å². The van der Waals surface area contributed by atoms with E-state index >= 15 is 0 Å². The van der Waals surface area contributed by atoms with Crippen LogP contribution in [-0.4, -0.2) is 0 Å². The van der Waals surface area contributed by atoms with Gasteiger partial charge in [-0.2, -0.15) is 11.3 Å². The van der Waals surface area contributed by atoms with Gasteiger partial charge in [0.05, 0.1) is 0 Å². The van der Waals surface area contributed by atoms with E-state index in [1.54, 1.807) is 11.3 Å². The fourth-order valence-corrected chi connectivity index (χ4v) is 3.07. The van der Waals surface area contributed by atoms with Crippen molar-refractivity contribution in [1.29, 1.82) is 0 Å². The molecular formula is C12H9BrClNS. The molecule has 0 saturated carbocycles. The Morgan fingerprint density at radius 3 is 2.81 bits per heavy atom. The van der Waals surface area contributed by atoms with E-state index in [9.17, 15) is 0 Å². The lowest BCUT2D eigenvalue weighted by atomic mass is 10.1. The average molecular weight is 315 g/mol. The number of nitrogens with two attached hydrogens (primary N) is 1. The van der Waals surface area contributed by atoms with Gasteiger partial charge in [-0.1, -0.05) is 23.7 Å². The molecule has 2 rings (SSSR count). The number of halogens is 2. The summed E-state index contributed by atoms with van der Waals surface area (Å²) < 4.78 is 1.02. The molecule has 0 spiro atoms. The maximum atomic E-state index is 6.02. The molecule has 1 aromatic carbocycles. The van der Waals surface area contributed by atoms with Crippen LogP contribution < -0.4 is 5.73 Å². The SMILES string of the molecule is N/C(=C\c1cccc(Cl)c1)c1cscc1Br. The predicted octanol–water partition coefficient (Wildman–Crippen LogP) is 4.62. The number of thiophene rings is 1. The van der Waals surface area contributed by atoms with Crippen LogP contribution in [0.25, 0.3) is 11.8 Å². The molecule has 0 atom stereocenters. The Morgan fingerprint density at radius 1 is 1.38 bits per heavy atom. The average Bonchev–Trinajstić information content (AvgIpc) is 2.64. The highest BCUT2D eigenvalue weighted by Gasteiger charge is 2.03. The highest BCUT2D eigenvalue weighted by Crippen LogP contribution is 2.27. The van der Waals surface area contributed by atoms with Gasteiger partial charge in [0.15, 0.2) is 0 Å². The lowest BCUT2D eigenvalue weighted by Crippen LogP contribution is -1.94. The fourth-order valence-electron chi connectivity index (χ4n) is 1.34. The zero-order valence-electron chi connectivity index (χ0n) is 8.28. The summed E-state index contributed by atoms with van der Waals surface area (Å²) in [6, 6.07) is 7.60. The lowest BCUT2D eigenvalue weighted by molar-refractivity contribution is 1.55. The molecule has 82 valence electrons. The first-order chi connectivity index (χ1) is 7.66. The van der Waals surface area contributed by atoms with E-state index < -0.39 is 0 Å². The summed E-state index contributed by atoms with van der Waals surface area (Å²) in [4.78, 5) is 0. The van der Waals surface area contributed by atoms with Crippen molar-refractivity contribution >= 4 is 50.6 Å². The summed E-state index contributed by atoms with van der Waals surface area (Å²) >= 11 is 11.0. The van der Waals surface area contributed by atoms with Crippen molar-refractivity contribution in [3.8, 4) is 0 Å². The number of hydrogen-bond donors (Lipinski definition) is 1. The maximum Gasteiger partial charge on any atom is 0.0413 e. The lowest BCUT2D eigenvalue weighted by Gasteiger charge is -2.00. The van der Waals surface area contributed by atoms with Crippen molar-refractivity contribution < 1.29 is 0 Å². The normalized spacial score (nSPS) is 11.8. The molecule has 0 radical (unpaired) electrons. The molecule has 0 aliphatic carbocycles. The third kappa shape index (κ3) is 2.67. The molecule has 0 bridgehead atoms. The summed E-state index contributed by atoms with van der Waals surface area (Å²) in [6.07, 6.45) is 1.92. The number of hydrogen-bond acceptors (Lipinski definition) is 2. The molecule has 0 unspecified atom stereocenters. The monoisotopic (exact) mass is 313 g/mol. The van der Waals surface area contributed by atoms with Gasteiger partial charge < -0.3 is 5.73 Å². The van der Waals surface area contributed by atoms with Crippen LogP contribution in [0.4, 0.5) is 0 Å². The molecule has 1 aromatic heterocycles. The van der Waals surface area contributed by atoms with Crippen LogP contribution in [-0.2, 0) is 0 Å². The Hall–Kier alpha value is -0.770. The second-order valence-corrected chi connectivity index (χ2v) is 5.32. The Labute approximate surface area is 112 Å².